The van der Waals surface area contributed by atoms with E-state index in [-0.39, 0.29) is 18.4 Å². The quantitative estimate of drug-likeness (QED) is 0.835. The molecule has 4 nitrogen and oxygen atoms in total. The Hall–Kier alpha value is -0.780. The summed E-state index contributed by atoms with van der Waals surface area (Å²) in [5.74, 6) is 0.730. The second kappa shape index (κ2) is 5.78. The van der Waals surface area contributed by atoms with Crippen LogP contribution in [0.4, 0.5) is 9.80 Å². The van der Waals surface area contributed by atoms with Gasteiger partial charge in [0.2, 0.25) is 0 Å². The monoisotopic (exact) mass is 327 g/mol. The number of fused-ring (bicyclic) bond motifs is 3. The van der Waals surface area contributed by atoms with Gasteiger partial charge < -0.3 is 9.80 Å². The lowest BCUT2D eigenvalue weighted by Gasteiger charge is -2.47. The number of halogens is 1. The molecule has 0 aliphatic carbocycles. The summed E-state index contributed by atoms with van der Waals surface area (Å²) < 4.78 is 0. The molecule has 5 heterocycles. The van der Waals surface area contributed by atoms with E-state index in [0.29, 0.717) is 6.04 Å². The molecule has 116 valence electrons. The summed E-state index contributed by atoms with van der Waals surface area (Å²) in [6.45, 7) is 7.40. The largest absolute Gasteiger partial charge is 0.325 e. The number of carbonyl (C=O) groups is 1. The van der Waals surface area contributed by atoms with Crippen LogP contribution in [0.5, 0.6) is 0 Å². The summed E-state index contributed by atoms with van der Waals surface area (Å²) in [7, 11) is 0. The first-order valence-corrected chi connectivity index (χ1v) is 8.46. The molecule has 5 rings (SSSR count). The molecular weight excluding hydrogens is 306 g/mol. The van der Waals surface area contributed by atoms with E-state index in [0.717, 1.165) is 30.6 Å². The Labute approximate surface area is 136 Å². The van der Waals surface area contributed by atoms with Crippen molar-refractivity contribution in [3.63, 3.8) is 0 Å². The van der Waals surface area contributed by atoms with Gasteiger partial charge in [0.25, 0.3) is 0 Å². The molecule has 6 heteroatoms. The van der Waals surface area contributed by atoms with Gasteiger partial charge in [0.15, 0.2) is 0 Å². The first kappa shape index (κ1) is 15.1. The molecule has 2 amide bonds. The standard InChI is InChI=1S/C15H21N3OS.ClH/c1-11-4-9-20-14(11)18-8-7-17(15(18)19)13-10-16-5-2-12(13)3-6-16;/h4,9,12-13H,2-3,5-8,10H2,1H3;1H. The summed E-state index contributed by atoms with van der Waals surface area (Å²) >= 11 is 1.68. The molecule has 2 bridgehead atoms. The van der Waals surface area contributed by atoms with E-state index in [4.69, 9.17) is 0 Å². The van der Waals surface area contributed by atoms with Crippen LogP contribution < -0.4 is 4.90 Å². The molecule has 1 aromatic heterocycles. The minimum absolute atomic E-state index is 0. The fourth-order valence-electron chi connectivity index (χ4n) is 3.98. The Bertz CT molecular complexity index is 527. The molecule has 21 heavy (non-hydrogen) atoms. The fraction of sp³-hybridized carbons (Fsp3) is 0.667. The minimum Gasteiger partial charge on any atom is -0.318 e. The van der Waals surface area contributed by atoms with Gasteiger partial charge in [-0.1, -0.05) is 0 Å². The van der Waals surface area contributed by atoms with Gasteiger partial charge in [0.1, 0.15) is 5.00 Å². The van der Waals surface area contributed by atoms with E-state index in [1.165, 1.54) is 31.5 Å². The average Bonchev–Trinajstić information content (AvgIpc) is 3.06. The first-order valence-electron chi connectivity index (χ1n) is 7.58. The third kappa shape index (κ3) is 2.45. The third-order valence-electron chi connectivity index (χ3n) is 5.14. The van der Waals surface area contributed by atoms with Gasteiger partial charge in [-0.2, -0.15) is 0 Å². The number of hydrogen-bond donors (Lipinski definition) is 0. The van der Waals surface area contributed by atoms with Crippen molar-refractivity contribution >= 4 is 34.8 Å². The van der Waals surface area contributed by atoms with Crippen molar-refractivity contribution in [3.8, 4) is 0 Å². The molecule has 0 N–H and O–H groups in total. The molecule has 4 fully saturated rings. The van der Waals surface area contributed by atoms with E-state index in [1.54, 1.807) is 11.3 Å². The molecule has 1 aromatic rings. The average molecular weight is 328 g/mol. The van der Waals surface area contributed by atoms with Crippen LogP contribution >= 0.6 is 23.7 Å². The lowest BCUT2D eigenvalue weighted by Crippen LogP contribution is -2.58. The highest BCUT2D eigenvalue weighted by Crippen LogP contribution is 2.35. The number of anilines is 1. The topological polar surface area (TPSA) is 26.8 Å². The molecular formula is C15H22ClN3OS. The Morgan fingerprint density at radius 3 is 2.52 bits per heavy atom. The predicted molar refractivity (Wildman–Crippen MR) is 88.7 cm³/mol. The number of aryl methyl sites for hydroxylation is 1. The Morgan fingerprint density at radius 1 is 1.19 bits per heavy atom. The van der Waals surface area contributed by atoms with Crippen molar-refractivity contribution in [2.75, 3.05) is 37.6 Å². The van der Waals surface area contributed by atoms with E-state index >= 15 is 0 Å². The summed E-state index contributed by atoms with van der Waals surface area (Å²) in [6.07, 6.45) is 2.54. The van der Waals surface area contributed by atoms with Crippen molar-refractivity contribution in [3.05, 3.63) is 17.0 Å². The zero-order valence-electron chi connectivity index (χ0n) is 12.3. The fourth-order valence-corrected chi connectivity index (χ4v) is 4.93. The SMILES string of the molecule is Cc1ccsc1N1CCN(C2CN3CCC2CC3)C1=O.Cl. The van der Waals surface area contributed by atoms with E-state index in [9.17, 15) is 4.79 Å². The van der Waals surface area contributed by atoms with Crippen LogP contribution in [-0.2, 0) is 0 Å². The number of amides is 2. The second-order valence-corrected chi connectivity index (χ2v) is 7.14. The molecule has 4 aliphatic heterocycles. The lowest BCUT2D eigenvalue weighted by molar-refractivity contribution is 0.0300. The van der Waals surface area contributed by atoms with Crippen LogP contribution in [0.3, 0.4) is 0 Å². The van der Waals surface area contributed by atoms with Crippen LogP contribution in [-0.4, -0.2) is 54.6 Å². The molecule has 0 spiro atoms. The molecule has 0 aromatic carbocycles. The van der Waals surface area contributed by atoms with Crippen LogP contribution in [0.15, 0.2) is 11.4 Å². The normalized spacial score (nSPS) is 31.7. The van der Waals surface area contributed by atoms with Gasteiger partial charge in [0.05, 0.1) is 0 Å². The smallest absolute Gasteiger partial charge is 0.318 e. The van der Waals surface area contributed by atoms with E-state index in [1.807, 2.05) is 4.90 Å². The van der Waals surface area contributed by atoms with Gasteiger partial charge in [-0.15, -0.1) is 23.7 Å². The maximum Gasteiger partial charge on any atom is 0.325 e. The maximum atomic E-state index is 12.8. The van der Waals surface area contributed by atoms with Crippen LogP contribution in [0.25, 0.3) is 0 Å². The Kier molecular flexibility index (Phi) is 4.17. The number of rotatable bonds is 2. The number of urea groups is 1. The van der Waals surface area contributed by atoms with Crippen molar-refractivity contribution in [1.82, 2.24) is 9.80 Å². The van der Waals surface area contributed by atoms with Crippen molar-refractivity contribution in [2.45, 2.75) is 25.8 Å². The van der Waals surface area contributed by atoms with Gasteiger partial charge in [0, 0.05) is 25.7 Å². The van der Waals surface area contributed by atoms with Gasteiger partial charge >= 0.3 is 6.03 Å². The maximum absolute atomic E-state index is 12.8. The van der Waals surface area contributed by atoms with Crippen molar-refractivity contribution in [2.24, 2.45) is 5.92 Å². The lowest BCUT2D eigenvalue weighted by atomic mass is 9.83. The summed E-state index contributed by atoms with van der Waals surface area (Å²) in [5.41, 5.74) is 1.22. The molecule has 4 aliphatic rings. The Morgan fingerprint density at radius 2 is 1.95 bits per heavy atom. The molecule has 4 saturated heterocycles. The summed E-state index contributed by atoms with van der Waals surface area (Å²) in [4.78, 5) is 19.4. The van der Waals surface area contributed by atoms with E-state index < -0.39 is 0 Å². The van der Waals surface area contributed by atoms with E-state index in [2.05, 4.69) is 28.2 Å². The number of piperidine rings is 3. The molecule has 0 radical (unpaired) electrons. The highest BCUT2D eigenvalue weighted by atomic mass is 35.5. The second-order valence-electron chi connectivity index (χ2n) is 6.24. The zero-order valence-corrected chi connectivity index (χ0v) is 14.0. The summed E-state index contributed by atoms with van der Waals surface area (Å²) in [5, 5.41) is 3.22. The zero-order chi connectivity index (χ0) is 13.7. The van der Waals surface area contributed by atoms with Crippen molar-refractivity contribution in [1.29, 1.82) is 0 Å². The number of nitrogens with zero attached hydrogens (tertiary/aromatic N) is 3. The van der Waals surface area contributed by atoms with Gasteiger partial charge in [-0.05, 0) is 55.8 Å². The van der Waals surface area contributed by atoms with Crippen LogP contribution in [0, 0.1) is 12.8 Å². The molecule has 1 atom stereocenters. The highest BCUT2D eigenvalue weighted by Gasteiger charge is 2.43. The highest BCUT2D eigenvalue weighted by molar-refractivity contribution is 7.14. The predicted octanol–water partition coefficient (Wildman–Crippen LogP) is 2.81. The third-order valence-corrected chi connectivity index (χ3v) is 6.18. The molecule has 0 saturated carbocycles. The van der Waals surface area contributed by atoms with Gasteiger partial charge in [-0.25, -0.2) is 4.79 Å². The molecule has 1 unspecified atom stereocenters. The first-order chi connectivity index (χ1) is 9.74. The minimum atomic E-state index is 0. The Balaban J connectivity index is 0.00000132. The van der Waals surface area contributed by atoms with Gasteiger partial charge in [-0.3, -0.25) is 4.90 Å². The number of carbonyl (C=O) groups excluding carboxylic acids is 1. The van der Waals surface area contributed by atoms with Crippen LogP contribution in [0.2, 0.25) is 0 Å². The van der Waals surface area contributed by atoms with Crippen LogP contribution in [0.1, 0.15) is 18.4 Å². The number of hydrogen-bond acceptors (Lipinski definition) is 3. The van der Waals surface area contributed by atoms with Crippen molar-refractivity contribution < 1.29 is 4.79 Å². The summed E-state index contributed by atoms with van der Waals surface area (Å²) in [6, 6.07) is 2.79. The number of thiophene rings is 1.